The van der Waals surface area contributed by atoms with Crippen molar-refractivity contribution < 1.29 is 0 Å². The Bertz CT molecular complexity index is 523. The molecule has 102 valence electrons. The van der Waals surface area contributed by atoms with Gasteiger partial charge in [0.25, 0.3) is 0 Å². The van der Waals surface area contributed by atoms with E-state index in [-0.39, 0.29) is 0 Å². The number of hydrogen-bond acceptors (Lipinski definition) is 5. The number of benzene rings is 1. The number of rotatable bonds is 6. The molecule has 0 saturated heterocycles. The minimum absolute atomic E-state index is 0.655. The van der Waals surface area contributed by atoms with Gasteiger partial charge in [0, 0.05) is 18.5 Å². The second kappa shape index (κ2) is 6.68. The second-order valence-corrected chi connectivity index (χ2v) is 5.83. The maximum atomic E-state index is 4.01. The summed E-state index contributed by atoms with van der Waals surface area (Å²) in [5.74, 6) is 0.655. The van der Waals surface area contributed by atoms with Gasteiger partial charge in [-0.3, -0.25) is 0 Å². The molecule has 0 unspecified atom stereocenters. The lowest BCUT2D eigenvalue weighted by molar-refractivity contribution is 0.550. The highest BCUT2D eigenvalue weighted by molar-refractivity contribution is 7.99. The first kappa shape index (κ1) is 14.0. The Balaban J connectivity index is 2.06. The molecule has 0 amide bonds. The summed E-state index contributed by atoms with van der Waals surface area (Å²) in [6.45, 7) is 6.30. The van der Waals surface area contributed by atoms with E-state index < -0.39 is 0 Å². The standard InChI is InChI=1S/C13H19N5S/c1-10(2)8-14-9-11-6-4-5-7-12(11)19-13-15-16-17-18(13)3/h4-7,10,14H,8-9H2,1-3H3. The molecule has 2 rings (SSSR count). The fourth-order valence-corrected chi connectivity index (χ4v) is 2.51. The number of nitrogens with one attached hydrogen (secondary N) is 1. The monoisotopic (exact) mass is 277 g/mol. The molecule has 1 aromatic heterocycles. The average Bonchev–Trinajstić information content (AvgIpc) is 2.77. The topological polar surface area (TPSA) is 55.6 Å². The van der Waals surface area contributed by atoms with Gasteiger partial charge in [0.15, 0.2) is 0 Å². The fraction of sp³-hybridized carbons (Fsp3) is 0.462. The van der Waals surface area contributed by atoms with Crippen molar-refractivity contribution in [2.24, 2.45) is 13.0 Å². The zero-order chi connectivity index (χ0) is 13.7. The van der Waals surface area contributed by atoms with Crippen LogP contribution < -0.4 is 5.32 Å². The van der Waals surface area contributed by atoms with Crippen LogP contribution in [0.15, 0.2) is 34.3 Å². The first-order chi connectivity index (χ1) is 9.16. The van der Waals surface area contributed by atoms with Gasteiger partial charge < -0.3 is 5.32 Å². The number of nitrogens with zero attached hydrogens (tertiary/aromatic N) is 4. The number of aromatic nitrogens is 4. The van der Waals surface area contributed by atoms with Crippen molar-refractivity contribution in [1.29, 1.82) is 0 Å². The van der Waals surface area contributed by atoms with Gasteiger partial charge in [0.05, 0.1) is 0 Å². The van der Waals surface area contributed by atoms with Crippen LogP contribution in [0.4, 0.5) is 0 Å². The van der Waals surface area contributed by atoms with Gasteiger partial charge in [-0.15, -0.1) is 5.10 Å². The molecule has 0 aliphatic heterocycles. The predicted octanol–water partition coefficient (Wildman–Crippen LogP) is 2.11. The van der Waals surface area contributed by atoms with E-state index in [1.54, 1.807) is 16.4 Å². The van der Waals surface area contributed by atoms with Crippen molar-refractivity contribution >= 4 is 11.8 Å². The molecular weight excluding hydrogens is 258 g/mol. The van der Waals surface area contributed by atoms with Crippen LogP contribution >= 0.6 is 11.8 Å². The molecule has 2 aromatic rings. The first-order valence-corrected chi connectivity index (χ1v) is 7.17. The maximum Gasteiger partial charge on any atom is 0.213 e. The third-order valence-electron chi connectivity index (χ3n) is 2.62. The Labute approximate surface area is 117 Å². The zero-order valence-corrected chi connectivity index (χ0v) is 12.3. The van der Waals surface area contributed by atoms with Crippen LogP contribution in [-0.4, -0.2) is 26.8 Å². The molecule has 0 bridgehead atoms. The van der Waals surface area contributed by atoms with E-state index in [1.165, 1.54) is 10.5 Å². The minimum Gasteiger partial charge on any atom is -0.312 e. The highest BCUT2D eigenvalue weighted by Gasteiger charge is 2.08. The Morgan fingerprint density at radius 1 is 1.32 bits per heavy atom. The number of tetrazole rings is 1. The van der Waals surface area contributed by atoms with Gasteiger partial charge in [0.1, 0.15) is 0 Å². The third-order valence-corrected chi connectivity index (χ3v) is 3.77. The molecule has 0 saturated carbocycles. The van der Waals surface area contributed by atoms with E-state index in [9.17, 15) is 0 Å². The molecule has 0 spiro atoms. The van der Waals surface area contributed by atoms with Crippen LogP contribution in [-0.2, 0) is 13.6 Å². The summed E-state index contributed by atoms with van der Waals surface area (Å²) in [4.78, 5) is 1.19. The Kier molecular flexibility index (Phi) is 4.93. The van der Waals surface area contributed by atoms with Gasteiger partial charge in [0.2, 0.25) is 5.16 Å². The van der Waals surface area contributed by atoms with Crippen LogP contribution in [0.2, 0.25) is 0 Å². The van der Waals surface area contributed by atoms with Gasteiger partial charge in [-0.1, -0.05) is 32.0 Å². The first-order valence-electron chi connectivity index (χ1n) is 6.35. The van der Waals surface area contributed by atoms with E-state index in [1.807, 2.05) is 13.1 Å². The normalized spacial score (nSPS) is 11.2. The van der Waals surface area contributed by atoms with E-state index in [0.717, 1.165) is 18.2 Å². The molecule has 1 aromatic carbocycles. The molecule has 0 atom stereocenters. The lowest BCUT2D eigenvalue weighted by Crippen LogP contribution is -2.19. The summed E-state index contributed by atoms with van der Waals surface area (Å²) in [7, 11) is 1.85. The van der Waals surface area contributed by atoms with E-state index in [4.69, 9.17) is 0 Å². The molecule has 0 aliphatic rings. The molecule has 1 N–H and O–H groups in total. The molecule has 6 heteroatoms. The van der Waals surface area contributed by atoms with Gasteiger partial charge >= 0.3 is 0 Å². The quantitative estimate of drug-likeness (QED) is 0.876. The van der Waals surface area contributed by atoms with Crippen molar-refractivity contribution in [2.75, 3.05) is 6.54 Å². The van der Waals surface area contributed by atoms with Gasteiger partial charge in [-0.2, -0.15) is 0 Å². The molecule has 5 nitrogen and oxygen atoms in total. The largest absolute Gasteiger partial charge is 0.312 e. The molecule has 0 fully saturated rings. The lowest BCUT2D eigenvalue weighted by Gasteiger charge is -2.10. The fourth-order valence-electron chi connectivity index (χ4n) is 1.65. The summed E-state index contributed by atoms with van der Waals surface area (Å²) < 4.78 is 1.68. The van der Waals surface area contributed by atoms with Crippen molar-refractivity contribution in [3.05, 3.63) is 29.8 Å². The highest BCUT2D eigenvalue weighted by atomic mass is 32.2. The lowest BCUT2D eigenvalue weighted by atomic mass is 10.2. The highest BCUT2D eigenvalue weighted by Crippen LogP contribution is 2.27. The average molecular weight is 277 g/mol. The van der Waals surface area contributed by atoms with Crippen molar-refractivity contribution in [3.8, 4) is 0 Å². The van der Waals surface area contributed by atoms with Gasteiger partial charge in [-0.05, 0) is 46.3 Å². The second-order valence-electron chi connectivity index (χ2n) is 4.82. The Hall–Kier alpha value is -1.40. The Morgan fingerprint density at radius 2 is 2.11 bits per heavy atom. The zero-order valence-electron chi connectivity index (χ0n) is 11.5. The minimum atomic E-state index is 0.655. The van der Waals surface area contributed by atoms with E-state index in [2.05, 4.69) is 52.9 Å². The van der Waals surface area contributed by atoms with E-state index >= 15 is 0 Å². The van der Waals surface area contributed by atoms with E-state index in [0.29, 0.717) is 5.92 Å². The van der Waals surface area contributed by atoms with Gasteiger partial charge in [-0.25, -0.2) is 4.68 Å². The van der Waals surface area contributed by atoms with Crippen molar-refractivity contribution in [1.82, 2.24) is 25.5 Å². The number of aryl methyl sites for hydroxylation is 1. The molecular formula is C13H19N5S. The summed E-state index contributed by atoms with van der Waals surface area (Å²) >= 11 is 1.59. The Morgan fingerprint density at radius 3 is 2.79 bits per heavy atom. The molecule has 19 heavy (non-hydrogen) atoms. The smallest absolute Gasteiger partial charge is 0.213 e. The van der Waals surface area contributed by atoms with Crippen LogP contribution in [0.5, 0.6) is 0 Å². The summed E-state index contributed by atoms with van der Waals surface area (Å²) in [5, 5.41) is 15.8. The summed E-state index contributed by atoms with van der Waals surface area (Å²) in [6.07, 6.45) is 0. The summed E-state index contributed by atoms with van der Waals surface area (Å²) in [5.41, 5.74) is 1.27. The van der Waals surface area contributed by atoms with Crippen LogP contribution in [0.3, 0.4) is 0 Å². The van der Waals surface area contributed by atoms with Crippen LogP contribution in [0, 0.1) is 5.92 Å². The number of hydrogen-bond donors (Lipinski definition) is 1. The van der Waals surface area contributed by atoms with Crippen LogP contribution in [0.25, 0.3) is 0 Å². The maximum absolute atomic E-state index is 4.01. The van der Waals surface area contributed by atoms with Crippen LogP contribution in [0.1, 0.15) is 19.4 Å². The molecule has 1 heterocycles. The summed E-state index contributed by atoms with van der Waals surface area (Å²) in [6, 6.07) is 8.34. The van der Waals surface area contributed by atoms with Crippen molar-refractivity contribution in [3.63, 3.8) is 0 Å². The molecule has 0 aliphatic carbocycles. The molecule has 0 radical (unpaired) electrons. The van der Waals surface area contributed by atoms with Crippen molar-refractivity contribution in [2.45, 2.75) is 30.4 Å². The SMILES string of the molecule is CC(C)CNCc1ccccc1Sc1nnnn1C. The predicted molar refractivity (Wildman–Crippen MR) is 75.9 cm³/mol. The third kappa shape index (κ3) is 4.04.